The molecule has 0 amide bonds. The van der Waals surface area contributed by atoms with Crippen LogP contribution in [0.3, 0.4) is 0 Å². The van der Waals surface area contributed by atoms with E-state index in [0.29, 0.717) is 11.6 Å². The van der Waals surface area contributed by atoms with Gasteiger partial charge in [-0.15, -0.1) is 11.3 Å². The molecule has 5 rings (SSSR count). The summed E-state index contributed by atoms with van der Waals surface area (Å²) in [5.41, 5.74) is 6.03. The summed E-state index contributed by atoms with van der Waals surface area (Å²) in [6.45, 7) is 0.485. The summed E-state index contributed by atoms with van der Waals surface area (Å²) in [6, 6.07) is 14.2. The summed E-state index contributed by atoms with van der Waals surface area (Å²) >= 11 is 7.50. The molecule has 0 bridgehead atoms. The highest BCUT2D eigenvalue weighted by molar-refractivity contribution is 7.17. The summed E-state index contributed by atoms with van der Waals surface area (Å²) in [4.78, 5) is 18.6. The lowest BCUT2D eigenvalue weighted by Crippen LogP contribution is -2.21. The lowest BCUT2D eigenvalue weighted by atomic mass is 9.89. The van der Waals surface area contributed by atoms with Crippen molar-refractivity contribution in [3.8, 4) is 11.1 Å². The van der Waals surface area contributed by atoms with E-state index in [2.05, 4.69) is 28.6 Å². The van der Waals surface area contributed by atoms with Gasteiger partial charge in [-0.05, 0) is 60.1 Å². The van der Waals surface area contributed by atoms with Crippen LogP contribution >= 0.6 is 22.9 Å². The second kappa shape index (κ2) is 7.19. The van der Waals surface area contributed by atoms with Gasteiger partial charge in [0.2, 0.25) is 0 Å². The van der Waals surface area contributed by atoms with E-state index in [-0.39, 0.29) is 5.56 Å². The lowest BCUT2D eigenvalue weighted by Gasteiger charge is -2.16. The zero-order valence-corrected chi connectivity index (χ0v) is 16.9. The number of hydrogen-bond donors (Lipinski definition) is 0. The lowest BCUT2D eigenvalue weighted by molar-refractivity contribution is 0.686. The van der Waals surface area contributed by atoms with Gasteiger partial charge >= 0.3 is 0 Å². The summed E-state index contributed by atoms with van der Waals surface area (Å²) in [6.07, 6.45) is 6.45. The molecule has 0 saturated heterocycles. The molecule has 28 heavy (non-hydrogen) atoms. The average Bonchev–Trinajstić information content (AvgIpc) is 3.16. The predicted octanol–water partition coefficient (Wildman–Crippen LogP) is 5.71. The van der Waals surface area contributed by atoms with E-state index in [4.69, 9.17) is 11.6 Å². The molecule has 0 fully saturated rings. The first-order valence-electron chi connectivity index (χ1n) is 9.52. The van der Waals surface area contributed by atoms with E-state index >= 15 is 0 Å². The molecule has 2 aromatic carbocycles. The van der Waals surface area contributed by atoms with Crippen molar-refractivity contribution < 1.29 is 0 Å². The molecule has 0 spiro atoms. The third-order valence-electron chi connectivity index (χ3n) is 5.49. The molecule has 2 heterocycles. The normalized spacial score (nSPS) is 13.6. The summed E-state index contributed by atoms with van der Waals surface area (Å²) in [5, 5.41) is 3.48. The van der Waals surface area contributed by atoms with Crippen molar-refractivity contribution in [2.45, 2.75) is 32.2 Å². The Bertz CT molecular complexity index is 1220. The monoisotopic (exact) mass is 406 g/mol. The van der Waals surface area contributed by atoms with E-state index in [1.54, 1.807) is 10.9 Å². The maximum atomic E-state index is 13.2. The van der Waals surface area contributed by atoms with Crippen LogP contribution in [0.5, 0.6) is 0 Å². The highest BCUT2D eigenvalue weighted by atomic mass is 35.5. The molecular weight excluding hydrogens is 388 g/mol. The molecule has 0 atom stereocenters. The van der Waals surface area contributed by atoms with Gasteiger partial charge in [-0.25, -0.2) is 4.98 Å². The number of fused-ring (bicyclic) bond motifs is 2. The number of nitrogens with zero attached hydrogens (tertiary/aromatic N) is 2. The van der Waals surface area contributed by atoms with Crippen molar-refractivity contribution in [1.29, 1.82) is 0 Å². The van der Waals surface area contributed by atoms with Gasteiger partial charge in [-0.1, -0.05) is 41.9 Å². The van der Waals surface area contributed by atoms with Crippen LogP contribution in [0.4, 0.5) is 0 Å². The fourth-order valence-corrected chi connectivity index (χ4v) is 5.01. The Morgan fingerprint density at radius 3 is 2.64 bits per heavy atom. The van der Waals surface area contributed by atoms with Gasteiger partial charge in [-0.2, -0.15) is 0 Å². The van der Waals surface area contributed by atoms with E-state index in [1.165, 1.54) is 35.3 Å². The smallest absolute Gasteiger partial charge is 0.263 e. The number of aromatic nitrogens is 2. The third kappa shape index (κ3) is 3.17. The van der Waals surface area contributed by atoms with Crippen molar-refractivity contribution in [3.05, 3.63) is 86.2 Å². The topological polar surface area (TPSA) is 34.9 Å². The van der Waals surface area contributed by atoms with Gasteiger partial charge in [0.05, 0.1) is 18.3 Å². The molecule has 0 saturated carbocycles. The average molecular weight is 407 g/mol. The van der Waals surface area contributed by atoms with Crippen molar-refractivity contribution in [3.63, 3.8) is 0 Å². The Balaban J connectivity index is 1.59. The van der Waals surface area contributed by atoms with Crippen LogP contribution in [0.1, 0.15) is 29.5 Å². The number of halogens is 1. The summed E-state index contributed by atoms with van der Waals surface area (Å²) in [5.74, 6) is 0. The first-order chi connectivity index (χ1) is 13.7. The number of hydrogen-bond acceptors (Lipinski definition) is 3. The molecule has 5 heteroatoms. The predicted molar refractivity (Wildman–Crippen MR) is 117 cm³/mol. The molecule has 3 nitrogen and oxygen atoms in total. The first kappa shape index (κ1) is 17.7. The van der Waals surface area contributed by atoms with Crippen molar-refractivity contribution >= 4 is 33.2 Å². The first-order valence-corrected chi connectivity index (χ1v) is 10.8. The number of thiophene rings is 1. The van der Waals surface area contributed by atoms with Crippen molar-refractivity contribution in [2.24, 2.45) is 0 Å². The molecule has 0 N–H and O–H groups in total. The zero-order chi connectivity index (χ0) is 19.1. The standard InChI is InChI=1S/C23H19ClN2OS/c24-19-9-5-15(6-10-19)12-26-14-25-22-21(23(26)27)20(13-28-22)18-8-7-16-3-1-2-4-17(16)11-18/h5-11,13-14H,1-4,12H2. The molecule has 2 aromatic heterocycles. The van der Waals surface area contributed by atoms with E-state index in [9.17, 15) is 4.79 Å². The Morgan fingerprint density at radius 2 is 1.82 bits per heavy atom. The number of rotatable bonds is 3. The van der Waals surface area contributed by atoms with E-state index in [1.807, 2.05) is 24.3 Å². The highest BCUT2D eigenvalue weighted by Gasteiger charge is 2.16. The Hall–Kier alpha value is -2.43. The molecule has 140 valence electrons. The van der Waals surface area contributed by atoms with Gasteiger partial charge in [0.15, 0.2) is 0 Å². The van der Waals surface area contributed by atoms with E-state index in [0.717, 1.165) is 39.7 Å². The maximum absolute atomic E-state index is 13.2. The minimum atomic E-state index is 0.00826. The van der Waals surface area contributed by atoms with Crippen LogP contribution in [0.2, 0.25) is 5.02 Å². The van der Waals surface area contributed by atoms with E-state index < -0.39 is 0 Å². The van der Waals surface area contributed by atoms with Crippen LogP contribution in [-0.4, -0.2) is 9.55 Å². The molecule has 1 aliphatic rings. The minimum Gasteiger partial charge on any atom is -0.294 e. The van der Waals surface area contributed by atoms with Gasteiger partial charge in [0.25, 0.3) is 5.56 Å². The van der Waals surface area contributed by atoms with Crippen LogP contribution in [0.25, 0.3) is 21.3 Å². The molecule has 4 aromatic rings. The largest absolute Gasteiger partial charge is 0.294 e. The third-order valence-corrected chi connectivity index (χ3v) is 6.62. The second-order valence-corrected chi connectivity index (χ2v) is 8.62. The van der Waals surface area contributed by atoms with Crippen LogP contribution in [0.15, 0.2) is 59.0 Å². The van der Waals surface area contributed by atoms with Gasteiger partial charge < -0.3 is 0 Å². The van der Waals surface area contributed by atoms with Crippen molar-refractivity contribution in [1.82, 2.24) is 9.55 Å². The Labute approximate surface area is 172 Å². The highest BCUT2D eigenvalue weighted by Crippen LogP contribution is 2.33. The van der Waals surface area contributed by atoms with Crippen LogP contribution < -0.4 is 5.56 Å². The number of benzene rings is 2. The number of aryl methyl sites for hydroxylation is 2. The molecule has 0 aliphatic heterocycles. The maximum Gasteiger partial charge on any atom is 0.263 e. The fourth-order valence-electron chi connectivity index (χ4n) is 3.98. The van der Waals surface area contributed by atoms with Crippen LogP contribution in [-0.2, 0) is 19.4 Å². The zero-order valence-electron chi connectivity index (χ0n) is 15.3. The van der Waals surface area contributed by atoms with Gasteiger partial charge in [0, 0.05) is 16.0 Å². The fraction of sp³-hybridized carbons (Fsp3) is 0.217. The van der Waals surface area contributed by atoms with Crippen LogP contribution in [0, 0.1) is 0 Å². The SMILES string of the molecule is O=c1c2c(-c3ccc4c(c3)CCCC4)csc2ncn1Cc1ccc(Cl)cc1. The van der Waals surface area contributed by atoms with Crippen molar-refractivity contribution in [2.75, 3.05) is 0 Å². The summed E-state index contributed by atoms with van der Waals surface area (Å²) in [7, 11) is 0. The minimum absolute atomic E-state index is 0.00826. The molecule has 0 radical (unpaired) electrons. The summed E-state index contributed by atoms with van der Waals surface area (Å²) < 4.78 is 1.68. The van der Waals surface area contributed by atoms with Gasteiger partial charge in [0.1, 0.15) is 4.83 Å². The quantitative estimate of drug-likeness (QED) is 0.437. The molecular formula is C23H19ClN2OS. The second-order valence-electron chi connectivity index (χ2n) is 7.32. The Kier molecular flexibility index (Phi) is 4.53. The molecule has 0 unspecified atom stereocenters. The molecule has 1 aliphatic carbocycles. The van der Waals surface area contributed by atoms with Gasteiger partial charge in [-0.3, -0.25) is 9.36 Å². The Morgan fingerprint density at radius 1 is 1.04 bits per heavy atom.